The van der Waals surface area contributed by atoms with Crippen LogP contribution in [0.1, 0.15) is 6.92 Å². The van der Waals surface area contributed by atoms with Crippen molar-refractivity contribution in [3.05, 3.63) is 24.3 Å². The highest BCUT2D eigenvalue weighted by Gasteiger charge is 2.30. The van der Waals surface area contributed by atoms with Gasteiger partial charge in [-0.05, 0) is 12.1 Å². The Morgan fingerprint density at radius 1 is 1.39 bits per heavy atom. The van der Waals surface area contributed by atoms with Crippen LogP contribution in [0.15, 0.2) is 29.2 Å². The van der Waals surface area contributed by atoms with Gasteiger partial charge in [0.05, 0.1) is 5.69 Å². The fraction of sp³-hybridized carbons (Fsp3) is 0.500. The van der Waals surface area contributed by atoms with Crippen LogP contribution >= 0.6 is 11.8 Å². The third kappa shape index (κ3) is 2.65. The fourth-order valence-electron chi connectivity index (χ4n) is 2.04. The Hall–Kier alpha value is -0.720. The monoisotopic (exact) mass is 286 g/mol. The molecule has 1 atom stereocenters. The second kappa shape index (κ2) is 5.50. The highest BCUT2D eigenvalue weighted by Crippen LogP contribution is 2.28. The van der Waals surface area contributed by atoms with Crippen LogP contribution in [0.4, 0.5) is 5.69 Å². The van der Waals surface area contributed by atoms with Gasteiger partial charge in [-0.3, -0.25) is 0 Å². The van der Waals surface area contributed by atoms with Crippen LogP contribution < -0.4 is 5.32 Å². The quantitative estimate of drug-likeness (QED) is 0.921. The van der Waals surface area contributed by atoms with E-state index in [2.05, 4.69) is 12.2 Å². The molecule has 0 radical (unpaired) electrons. The first kappa shape index (κ1) is 13.7. The molecule has 0 aromatic heterocycles. The molecule has 4 nitrogen and oxygen atoms in total. The molecule has 1 N–H and O–H groups in total. The third-order valence-corrected chi connectivity index (χ3v) is 6.04. The minimum absolute atomic E-state index is 0.357. The van der Waals surface area contributed by atoms with Gasteiger partial charge in [-0.25, -0.2) is 8.42 Å². The fourth-order valence-corrected chi connectivity index (χ4v) is 4.99. The summed E-state index contributed by atoms with van der Waals surface area (Å²) in [5.41, 5.74) is 0.656. The topological polar surface area (TPSA) is 49.4 Å². The Kier molecular flexibility index (Phi) is 4.19. The van der Waals surface area contributed by atoms with Crippen LogP contribution in [0.2, 0.25) is 0 Å². The van der Waals surface area contributed by atoms with E-state index in [1.807, 2.05) is 17.8 Å². The van der Waals surface area contributed by atoms with E-state index in [0.717, 1.165) is 5.75 Å². The second-order valence-electron chi connectivity index (χ2n) is 4.29. The van der Waals surface area contributed by atoms with Gasteiger partial charge in [0.1, 0.15) is 4.90 Å². The molecule has 0 spiro atoms. The lowest BCUT2D eigenvalue weighted by atomic mass is 10.3. The summed E-state index contributed by atoms with van der Waals surface area (Å²) < 4.78 is 26.8. The molecule has 1 unspecified atom stereocenters. The van der Waals surface area contributed by atoms with Crippen LogP contribution in [0, 0.1) is 0 Å². The predicted octanol–water partition coefficient (Wildman–Crippen LogP) is 1.85. The Balaban J connectivity index is 2.35. The molecule has 1 aromatic rings. The summed E-state index contributed by atoms with van der Waals surface area (Å²) in [4.78, 5) is 0.367. The van der Waals surface area contributed by atoms with E-state index in [-0.39, 0.29) is 0 Å². The maximum Gasteiger partial charge on any atom is 0.245 e. The zero-order valence-electron chi connectivity index (χ0n) is 10.6. The molecule has 1 aliphatic heterocycles. The van der Waals surface area contributed by atoms with Gasteiger partial charge in [-0.2, -0.15) is 16.1 Å². The van der Waals surface area contributed by atoms with Crippen LogP contribution in [-0.2, 0) is 10.0 Å². The van der Waals surface area contributed by atoms with Gasteiger partial charge in [-0.15, -0.1) is 0 Å². The molecule has 100 valence electrons. The van der Waals surface area contributed by atoms with Crippen LogP contribution in [-0.4, -0.2) is 43.9 Å². The number of benzene rings is 1. The molecule has 1 fully saturated rings. The Bertz CT molecular complexity index is 517. The first-order chi connectivity index (χ1) is 8.55. The lowest BCUT2D eigenvalue weighted by Gasteiger charge is -2.30. The maximum atomic E-state index is 12.6. The zero-order valence-corrected chi connectivity index (χ0v) is 12.2. The standard InChI is InChI=1S/C12H18N2O2S2/c1-10-9-14(7-8-17-10)18(15,16)12-6-4-3-5-11(12)13-2/h3-6,10,13H,7-9H2,1-2H3. The summed E-state index contributed by atoms with van der Waals surface area (Å²) in [5.74, 6) is 0.863. The van der Waals surface area contributed by atoms with E-state index in [9.17, 15) is 8.42 Å². The van der Waals surface area contributed by atoms with Gasteiger partial charge in [0.25, 0.3) is 0 Å². The predicted molar refractivity (Wildman–Crippen MR) is 76.7 cm³/mol. The van der Waals surface area contributed by atoms with Gasteiger partial charge in [0.2, 0.25) is 10.0 Å². The van der Waals surface area contributed by atoms with E-state index in [4.69, 9.17) is 0 Å². The van der Waals surface area contributed by atoms with Crippen LogP contribution in [0.3, 0.4) is 0 Å². The molecule has 1 saturated heterocycles. The maximum absolute atomic E-state index is 12.6. The average Bonchev–Trinajstić information content (AvgIpc) is 2.38. The van der Waals surface area contributed by atoms with E-state index >= 15 is 0 Å². The van der Waals surface area contributed by atoms with E-state index in [1.54, 1.807) is 29.6 Å². The number of hydrogen-bond acceptors (Lipinski definition) is 4. The van der Waals surface area contributed by atoms with Crippen molar-refractivity contribution in [3.8, 4) is 0 Å². The van der Waals surface area contributed by atoms with Gasteiger partial charge in [-0.1, -0.05) is 19.1 Å². The summed E-state index contributed by atoms with van der Waals surface area (Å²) in [6, 6.07) is 7.04. The first-order valence-corrected chi connectivity index (χ1v) is 8.43. The number of anilines is 1. The number of hydrogen-bond donors (Lipinski definition) is 1. The molecule has 0 saturated carbocycles. The summed E-state index contributed by atoms with van der Waals surface area (Å²) in [6.07, 6.45) is 0. The summed E-state index contributed by atoms with van der Waals surface area (Å²) in [6.45, 7) is 3.25. The summed E-state index contributed by atoms with van der Waals surface area (Å²) >= 11 is 1.82. The highest BCUT2D eigenvalue weighted by atomic mass is 32.2. The number of nitrogens with zero attached hydrogens (tertiary/aromatic N) is 1. The normalized spacial score (nSPS) is 21.8. The van der Waals surface area contributed by atoms with Crippen molar-refractivity contribution in [2.75, 3.05) is 31.2 Å². The van der Waals surface area contributed by atoms with Crippen molar-refractivity contribution < 1.29 is 8.42 Å². The van der Waals surface area contributed by atoms with Crippen molar-refractivity contribution in [1.82, 2.24) is 4.31 Å². The molecule has 1 heterocycles. The number of para-hydroxylation sites is 1. The molecular formula is C12H18N2O2S2. The molecule has 0 aliphatic carbocycles. The molecular weight excluding hydrogens is 268 g/mol. The van der Waals surface area contributed by atoms with Gasteiger partial charge >= 0.3 is 0 Å². The van der Waals surface area contributed by atoms with Gasteiger partial charge in [0.15, 0.2) is 0 Å². The average molecular weight is 286 g/mol. The highest BCUT2D eigenvalue weighted by molar-refractivity contribution is 8.00. The van der Waals surface area contributed by atoms with Crippen molar-refractivity contribution in [1.29, 1.82) is 0 Å². The van der Waals surface area contributed by atoms with Crippen molar-refractivity contribution in [2.24, 2.45) is 0 Å². The largest absolute Gasteiger partial charge is 0.387 e. The van der Waals surface area contributed by atoms with Crippen molar-refractivity contribution in [3.63, 3.8) is 0 Å². The van der Waals surface area contributed by atoms with Gasteiger partial charge < -0.3 is 5.32 Å². The molecule has 0 amide bonds. The molecule has 1 aromatic carbocycles. The van der Waals surface area contributed by atoms with E-state index < -0.39 is 10.0 Å². The number of sulfonamides is 1. The first-order valence-electron chi connectivity index (χ1n) is 5.94. The summed E-state index contributed by atoms with van der Waals surface area (Å²) in [5, 5.41) is 3.30. The van der Waals surface area contributed by atoms with E-state index in [1.165, 1.54) is 0 Å². The van der Waals surface area contributed by atoms with Crippen LogP contribution in [0.5, 0.6) is 0 Å². The lowest BCUT2D eigenvalue weighted by Crippen LogP contribution is -2.41. The minimum atomic E-state index is -3.38. The second-order valence-corrected chi connectivity index (χ2v) is 7.74. The molecule has 0 bridgehead atoms. The number of rotatable bonds is 3. The molecule has 1 aliphatic rings. The Morgan fingerprint density at radius 2 is 2.11 bits per heavy atom. The lowest BCUT2D eigenvalue weighted by molar-refractivity contribution is 0.424. The Morgan fingerprint density at radius 3 is 2.78 bits per heavy atom. The number of nitrogens with one attached hydrogen (secondary N) is 1. The summed E-state index contributed by atoms with van der Waals surface area (Å²) in [7, 11) is -1.64. The van der Waals surface area contributed by atoms with Crippen molar-refractivity contribution >= 4 is 27.5 Å². The SMILES string of the molecule is CNc1ccccc1S(=O)(=O)N1CCSC(C)C1. The Labute approximate surface area is 113 Å². The van der Waals surface area contributed by atoms with Crippen LogP contribution in [0.25, 0.3) is 0 Å². The van der Waals surface area contributed by atoms with E-state index in [0.29, 0.717) is 28.9 Å². The zero-order chi connectivity index (χ0) is 13.2. The minimum Gasteiger partial charge on any atom is -0.387 e. The smallest absolute Gasteiger partial charge is 0.245 e. The molecule has 6 heteroatoms. The molecule has 18 heavy (non-hydrogen) atoms. The van der Waals surface area contributed by atoms with Gasteiger partial charge in [0, 0.05) is 31.1 Å². The number of thioether (sulfide) groups is 1. The third-order valence-electron chi connectivity index (χ3n) is 2.98. The molecule has 2 rings (SSSR count). The van der Waals surface area contributed by atoms with Crippen molar-refractivity contribution in [2.45, 2.75) is 17.1 Å².